The van der Waals surface area contributed by atoms with Crippen LogP contribution in [0.3, 0.4) is 0 Å². The molecule has 1 aliphatic heterocycles. The number of H-pyrrole nitrogens is 1. The van der Waals surface area contributed by atoms with E-state index < -0.39 is 54.5 Å². The van der Waals surface area contributed by atoms with Gasteiger partial charge in [-0.15, -0.1) is 0 Å². The van der Waals surface area contributed by atoms with Gasteiger partial charge >= 0.3 is 23.9 Å². The number of rotatable bonds is 7. The molecule has 5 atom stereocenters. The van der Waals surface area contributed by atoms with Crippen molar-refractivity contribution in [2.75, 3.05) is 11.9 Å². The summed E-state index contributed by atoms with van der Waals surface area (Å²) in [5.41, 5.74) is 0.772. The number of hydrogen-bond acceptors (Lipinski definition) is 13. The van der Waals surface area contributed by atoms with Crippen LogP contribution in [0.5, 0.6) is 0 Å². The first-order valence-electron chi connectivity index (χ1n) is 9.86. The van der Waals surface area contributed by atoms with E-state index >= 15 is 0 Å². The van der Waals surface area contributed by atoms with Crippen molar-refractivity contribution in [3.8, 4) is 0 Å². The first-order valence-corrected chi connectivity index (χ1v) is 9.86. The van der Waals surface area contributed by atoms with Crippen LogP contribution in [0.25, 0.3) is 11.2 Å². The number of esters is 4. The molecule has 0 spiro atoms. The number of aromatic amines is 1. The average molecular weight is 465 g/mol. The van der Waals surface area contributed by atoms with Crippen molar-refractivity contribution in [3.05, 3.63) is 12.7 Å². The summed E-state index contributed by atoms with van der Waals surface area (Å²) in [5.74, 6) is -2.47. The number of aromatic nitrogens is 4. The normalized spacial score (nSPS) is 24.5. The van der Waals surface area contributed by atoms with Crippen LogP contribution < -0.4 is 5.32 Å². The second-order valence-electron chi connectivity index (χ2n) is 7.10. The van der Waals surface area contributed by atoms with Crippen LogP contribution in [0.4, 0.5) is 5.82 Å². The topological polar surface area (TPSA) is 181 Å². The number of carbonyl (C=O) groups is 4. The first-order chi connectivity index (χ1) is 15.7. The van der Waals surface area contributed by atoms with Gasteiger partial charge in [-0.05, 0) is 0 Å². The lowest BCUT2D eigenvalue weighted by atomic mass is 9.96. The minimum atomic E-state index is -1.34. The molecule has 1 fully saturated rings. The van der Waals surface area contributed by atoms with Crippen LogP contribution in [0.15, 0.2) is 12.7 Å². The number of nitrogens with one attached hydrogen (secondary N) is 2. The maximum absolute atomic E-state index is 11.9. The Labute approximate surface area is 187 Å². The first kappa shape index (κ1) is 23.8. The van der Waals surface area contributed by atoms with E-state index in [9.17, 15) is 19.2 Å². The molecular formula is C19H23N5O9. The van der Waals surface area contributed by atoms with Gasteiger partial charge in [-0.1, -0.05) is 0 Å². The van der Waals surface area contributed by atoms with E-state index in [1.165, 1.54) is 19.6 Å². The van der Waals surface area contributed by atoms with Crippen LogP contribution in [0.1, 0.15) is 27.7 Å². The van der Waals surface area contributed by atoms with Crippen LogP contribution in [0, 0.1) is 0 Å². The van der Waals surface area contributed by atoms with Gasteiger partial charge in [0.05, 0.1) is 6.33 Å². The van der Waals surface area contributed by atoms with Crippen molar-refractivity contribution in [1.82, 2.24) is 19.9 Å². The maximum atomic E-state index is 11.9. The lowest BCUT2D eigenvalue weighted by molar-refractivity contribution is -0.264. The number of carbonyl (C=O) groups excluding carboxylic acids is 4. The van der Waals surface area contributed by atoms with Gasteiger partial charge in [0.25, 0.3) is 0 Å². The Bertz CT molecular complexity index is 1040. The number of hydrogen-bond donors (Lipinski definition) is 2. The molecule has 1 aliphatic rings. The van der Waals surface area contributed by atoms with E-state index in [1.54, 1.807) is 0 Å². The highest BCUT2D eigenvalue weighted by Crippen LogP contribution is 2.30. The summed E-state index contributed by atoms with van der Waals surface area (Å²) in [6.07, 6.45) is -2.23. The number of anilines is 1. The third-order valence-corrected chi connectivity index (χ3v) is 4.51. The molecule has 0 unspecified atom stereocenters. The molecule has 0 aliphatic carbocycles. The van der Waals surface area contributed by atoms with Gasteiger partial charge in [0.1, 0.15) is 30.6 Å². The molecule has 3 rings (SSSR count). The van der Waals surface area contributed by atoms with Gasteiger partial charge in [0.2, 0.25) is 6.29 Å². The summed E-state index contributed by atoms with van der Waals surface area (Å²) in [4.78, 5) is 62.0. The van der Waals surface area contributed by atoms with Crippen LogP contribution >= 0.6 is 0 Å². The van der Waals surface area contributed by atoms with Crippen molar-refractivity contribution < 1.29 is 42.9 Å². The highest BCUT2D eigenvalue weighted by atomic mass is 16.7. The Balaban J connectivity index is 2.03. The molecule has 1 saturated heterocycles. The predicted molar refractivity (Wildman–Crippen MR) is 107 cm³/mol. The zero-order chi connectivity index (χ0) is 24.1. The minimum Gasteiger partial charge on any atom is -0.463 e. The quantitative estimate of drug-likeness (QED) is 0.407. The highest BCUT2D eigenvalue weighted by molar-refractivity contribution is 5.82. The van der Waals surface area contributed by atoms with Gasteiger partial charge in [0.15, 0.2) is 23.7 Å². The minimum absolute atomic E-state index is 0.236. The zero-order valence-electron chi connectivity index (χ0n) is 18.3. The predicted octanol–water partition coefficient (Wildman–Crippen LogP) is -0.152. The number of ether oxygens (including phenoxy) is 5. The summed E-state index contributed by atoms with van der Waals surface area (Å²) in [6, 6.07) is -1.09. The van der Waals surface area contributed by atoms with Crippen LogP contribution in [0.2, 0.25) is 0 Å². The van der Waals surface area contributed by atoms with E-state index in [4.69, 9.17) is 23.7 Å². The van der Waals surface area contributed by atoms with E-state index in [0.717, 1.165) is 20.8 Å². The molecule has 33 heavy (non-hydrogen) atoms. The van der Waals surface area contributed by atoms with Crippen LogP contribution in [-0.4, -0.2) is 81.1 Å². The third kappa shape index (κ3) is 5.91. The maximum Gasteiger partial charge on any atom is 0.305 e. The third-order valence-electron chi connectivity index (χ3n) is 4.51. The van der Waals surface area contributed by atoms with Gasteiger partial charge in [-0.3, -0.25) is 19.2 Å². The molecule has 2 aromatic rings. The molecule has 14 nitrogen and oxygen atoms in total. The van der Waals surface area contributed by atoms with Gasteiger partial charge in [-0.25, -0.2) is 15.0 Å². The molecule has 178 valence electrons. The molecule has 2 N–H and O–H groups in total. The Morgan fingerprint density at radius 3 is 2.24 bits per heavy atom. The fourth-order valence-electron chi connectivity index (χ4n) is 3.35. The fraction of sp³-hybridized carbons (Fsp3) is 0.526. The van der Waals surface area contributed by atoms with E-state index in [0.29, 0.717) is 11.2 Å². The Morgan fingerprint density at radius 1 is 0.939 bits per heavy atom. The Kier molecular flexibility index (Phi) is 7.37. The summed E-state index contributed by atoms with van der Waals surface area (Å²) >= 11 is 0. The smallest absolute Gasteiger partial charge is 0.305 e. The SMILES string of the molecule is CC(=O)OC[C@H]1O[C@@H](OC(C)=O)[C@@H](Nc2ncnc3nc[nH]c23)[C@@H](OC(C)=O)[C@H]1OC(C)=O. The van der Waals surface area contributed by atoms with Crippen molar-refractivity contribution in [3.63, 3.8) is 0 Å². The number of nitrogens with zero attached hydrogens (tertiary/aromatic N) is 3. The number of fused-ring (bicyclic) bond motifs is 1. The molecule has 0 amide bonds. The highest BCUT2D eigenvalue weighted by Gasteiger charge is 2.52. The Hall–Kier alpha value is -3.81. The van der Waals surface area contributed by atoms with Crippen LogP contribution in [-0.2, 0) is 42.9 Å². The zero-order valence-corrected chi connectivity index (χ0v) is 18.3. The van der Waals surface area contributed by atoms with E-state index in [2.05, 4.69) is 25.3 Å². The Morgan fingerprint density at radius 2 is 1.61 bits per heavy atom. The van der Waals surface area contributed by atoms with Crippen molar-refractivity contribution in [1.29, 1.82) is 0 Å². The largest absolute Gasteiger partial charge is 0.463 e. The second-order valence-corrected chi connectivity index (χ2v) is 7.10. The molecule has 0 aromatic carbocycles. The summed E-state index contributed by atoms with van der Waals surface area (Å²) in [5, 5.41) is 3.01. The summed E-state index contributed by atoms with van der Waals surface area (Å²) in [6.45, 7) is 4.32. The summed E-state index contributed by atoms with van der Waals surface area (Å²) in [7, 11) is 0. The lowest BCUT2D eigenvalue weighted by Crippen LogP contribution is -2.64. The molecule has 0 saturated carbocycles. The summed E-state index contributed by atoms with van der Waals surface area (Å²) < 4.78 is 27.0. The molecule has 14 heteroatoms. The average Bonchev–Trinajstić information content (AvgIpc) is 3.19. The van der Waals surface area contributed by atoms with E-state index in [-0.39, 0.29) is 12.4 Å². The van der Waals surface area contributed by atoms with E-state index in [1.807, 2.05) is 0 Å². The second kappa shape index (κ2) is 10.2. The number of imidazole rings is 1. The lowest BCUT2D eigenvalue weighted by Gasteiger charge is -2.44. The fourth-order valence-corrected chi connectivity index (χ4v) is 3.35. The molecular weight excluding hydrogens is 442 g/mol. The van der Waals surface area contributed by atoms with Gasteiger partial charge < -0.3 is 34.0 Å². The molecule has 2 aromatic heterocycles. The van der Waals surface area contributed by atoms with Crippen molar-refractivity contribution in [2.24, 2.45) is 0 Å². The van der Waals surface area contributed by atoms with Crippen molar-refractivity contribution >= 4 is 40.9 Å². The molecule has 0 radical (unpaired) electrons. The van der Waals surface area contributed by atoms with Gasteiger partial charge in [0, 0.05) is 27.7 Å². The van der Waals surface area contributed by atoms with Gasteiger partial charge in [-0.2, -0.15) is 0 Å². The monoisotopic (exact) mass is 465 g/mol. The standard InChI is InChI=1S/C19H23N5O9/c1-8(25)29-5-12-15(30-9(2)26)16(31-10(3)27)13(19(33-12)32-11(4)28)24-18-14-17(21-6-20-14)22-7-23-18/h6-7,12-13,15-16,19H,5H2,1-4H3,(H2,20,21,22,23,24)/t12-,13+,15+,16-,19-/m1/s1. The van der Waals surface area contributed by atoms with Crippen molar-refractivity contribution in [2.45, 2.75) is 58.3 Å². The molecule has 3 heterocycles. The molecule has 0 bridgehead atoms.